The number of rotatable bonds is 10. The quantitative estimate of drug-likeness (QED) is 0.206. The summed E-state index contributed by atoms with van der Waals surface area (Å²) in [7, 11) is -6.09. The summed E-state index contributed by atoms with van der Waals surface area (Å²) >= 11 is 0. The van der Waals surface area contributed by atoms with Gasteiger partial charge < -0.3 is 24.1 Å². The maximum Gasteiger partial charge on any atom is 0.465 e. The largest absolute Gasteiger partial charge is 0.465 e. The molecule has 0 spiro atoms. The maximum atomic E-state index is 13.5. The molecular formula is C29H40F2O11S. The molecule has 43 heavy (non-hydrogen) atoms. The Labute approximate surface area is 249 Å². The Balaban J connectivity index is 1.11. The lowest BCUT2D eigenvalue weighted by Crippen LogP contribution is -2.68. The lowest BCUT2D eigenvalue weighted by Gasteiger charge is -2.63. The maximum absolute atomic E-state index is 13.5. The molecule has 8 bridgehead atoms. The van der Waals surface area contributed by atoms with E-state index < -0.39 is 62.3 Å². The van der Waals surface area contributed by atoms with Gasteiger partial charge in [0.2, 0.25) is 0 Å². The van der Waals surface area contributed by atoms with Crippen molar-refractivity contribution in [1.82, 2.24) is 0 Å². The second-order valence-electron chi connectivity index (χ2n) is 14.7. The van der Waals surface area contributed by atoms with Crippen LogP contribution in [0.15, 0.2) is 0 Å². The minimum absolute atomic E-state index is 0.0507. The summed E-state index contributed by atoms with van der Waals surface area (Å²) in [4.78, 5) is 37.5. The smallest absolute Gasteiger partial charge is 0.456 e. The van der Waals surface area contributed by atoms with Crippen LogP contribution in [0, 0.1) is 35.5 Å². The Bertz CT molecular complexity index is 1270. The van der Waals surface area contributed by atoms with Crippen molar-refractivity contribution < 1.29 is 60.2 Å². The van der Waals surface area contributed by atoms with E-state index in [1.54, 1.807) is 0 Å². The second kappa shape index (κ2) is 10.1. The first-order chi connectivity index (χ1) is 19.9. The van der Waals surface area contributed by atoms with Crippen LogP contribution in [0.25, 0.3) is 0 Å². The molecule has 14 heteroatoms. The lowest BCUT2D eigenvalue weighted by molar-refractivity contribution is -0.278. The number of alkyl halides is 2. The van der Waals surface area contributed by atoms with E-state index in [0.29, 0.717) is 42.9 Å². The van der Waals surface area contributed by atoms with Gasteiger partial charge in [0.1, 0.15) is 17.8 Å². The van der Waals surface area contributed by atoms with E-state index in [1.165, 1.54) is 6.42 Å². The number of esters is 3. The highest BCUT2D eigenvalue weighted by atomic mass is 32.2. The molecule has 2 N–H and O–H groups in total. The third kappa shape index (κ3) is 5.27. The lowest BCUT2D eigenvalue weighted by atomic mass is 9.47. The summed E-state index contributed by atoms with van der Waals surface area (Å²) in [6, 6.07) is 0. The summed E-state index contributed by atoms with van der Waals surface area (Å²) in [5, 5.41) is 6.12. The fraction of sp³-hybridized carbons (Fsp3) is 0.897. The molecule has 0 radical (unpaired) electrons. The Hall–Kier alpha value is -1.90. The first-order valence-electron chi connectivity index (χ1n) is 15.2. The van der Waals surface area contributed by atoms with Crippen molar-refractivity contribution in [3.05, 3.63) is 0 Å². The van der Waals surface area contributed by atoms with Crippen molar-refractivity contribution in [2.75, 3.05) is 13.2 Å². The van der Waals surface area contributed by atoms with Gasteiger partial charge in [-0.05, 0) is 86.9 Å². The van der Waals surface area contributed by atoms with E-state index in [0.717, 1.165) is 25.7 Å². The molecule has 8 fully saturated rings. The van der Waals surface area contributed by atoms with Gasteiger partial charge in [0.15, 0.2) is 6.61 Å². The Morgan fingerprint density at radius 1 is 0.837 bits per heavy atom. The molecule has 4 unspecified atom stereocenters. The third-order valence-corrected chi connectivity index (χ3v) is 12.1. The van der Waals surface area contributed by atoms with Crippen LogP contribution in [0.5, 0.6) is 0 Å². The van der Waals surface area contributed by atoms with E-state index in [2.05, 4.69) is 18.6 Å². The highest BCUT2D eigenvalue weighted by Gasteiger charge is 2.66. The van der Waals surface area contributed by atoms with Gasteiger partial charge in [-0.25, -0.2) is 14.4 Å². The molecular weight excluding hydrogens is 594 g/mol. The molecule has 0 aromatic rings. The zero-order valence-corrected chi connectivity index (χ0v) is 25.2. The van der Waals surface area contributed by atoms with Gasteiger partial charge in [0.25, 0.3) is 0 Å². The molecule has 11 nitrogen and oxygen atoms in total. The monoisotopic (exact) mass is 634 g/mol. The van der Waals surface area contributed by atoms with Crippen molar-refractivity contribution >= 4 is 28.0 Å². The molecule has 242 valence electrons. The van der Waals surface area contributed by atoms with Crippen LogP contribution in [0.1, 0.15) is 84.5 Å². The molecule has 0 aliphatic heterocycles. The SMILES string of the molecule is CC(C)C1(OC(=O)COC23CC4CC(O)(C2)CC(OC(=O)COC(=O)C(F)(F)S(=O)(=O)O)(C4)C3)C2CC3CC(C2)CC1C3. The van der Waals surface area contributed by atoms with Gasteiger partial charge in [-0.15, -0.1) is 0 Å². The summed E-state index contributed by atoms with van der Waals surface area (Å²) in [6.07, 6.45) is 7.33. The van der Waals surface area contributed by atoms with E-state index in [1.807, 2.05) is 0 Å². The van der Waals surface area contributed by atoms with Crippen molar-refractivity contribution in [3.8, 4) is 0 Å². The van der Waals surface area contributed by atoms with Gasteiger partial charge in [0.05, 0.1) is 11.2 Å². The summed E-state index contributed by atoms with van der Waals surface area (Å²) in [5.74, 6) is -2.17. The molecule has 8 aliphatic carbocycles. The zero-order valence-electron chi connectivity index (χ0n) is 24.4. The molecule has 0 saturated heterocycles. The van der Waals surface area contributed by atoms with E-state index in [4.69, 9.17) is 18.8 Å². The predicted molar refractivity (Wildman–Crippen MR) is 142 cm³/mol. The number of carbonyl (C=O) groups is 3. The average Bonchev–Trinajstić information content (AvgIpc) is 2.85. The number of carbonyl (C=O) groups excluding carboxylic acids is 3. The number of hydrogen-bond acceptors (Lipinski definition) is 10. The first kappa shape index (κ1) is 31.1. The van der Waals surface area contributed by atoms with E-state index >= 15 is 0 Å². The van der Waals surface area contributed by atoms with Crippen LogP contribution in [-0.4, -0.2) is 76.9 Å². The van der Waals surface area contributed by atoms with Crippen molar-refractivity contribution in [1.29, 1.82) is 0 Å². The van der Waals surface area contributed by atoms with Crippen LogP contribution in [0.4, 0.5) is 8.78 Å². The van der Waals surface area contributed by atoms with Crippen LogP contribution in [-0.2, 0) is 43.4 Å². The molecule has 8 aliphatic rings. The number of hydrogen-bond donors (Lipinski definition) is 2. The van der Waals surface area contributed by atoms with E-state index in [-0.39, 0.29) is 37.7 Å². The molecule has 0 heterocycles. The number of halogens is 2. The zero-order chi connectivity index (χ0) is 31.2. The van der Waals surface area contributed by atoms with Crippen molar-refractivity contribution in [2.45, 2.75) is 112 Å². The van der Waals surface area contributed by atoms with Gasteiger partial charge in [-0.1, -0.05) is 13.8 Å². The fourth-order valence-electron chi connectivity index (χ4n) is 10.7. The average molecular weight is 635 g/mol. The van der Waals surface area contributed by atoms with Crippen LogP contribution in [0.3, 0.4) is 0 Å². The van der Waals surface area contributed by atoms with Crippen molar-refractivity contribution in [2.24, 2.45) is 35.5 Å². The fourth-order valence-corrected chi connectivity index (χ4v) is 10.9. The second-order valence-corrected chi connectivity index (χ2v) is 16.2. The molecule has 0 aromatic heterocycles. The molecule has 4 atom stereocenters. The molecule has 0 aromatic carbocycles. The van der Waals surface area contributed by atoms with Crippen LogP contribution in [0.2, 0.25) is 0 Å². The standard InChI is InChI=1S/C29H40F2O11S/c1-16(2)28(20-4-17-3-18(6-20)7-21(28)5-17)42-23(33)12-40-26-9-19-8-25(35,13-26)14-27(10-19,15-26)41-22(32)11-39-24(34)29(30,31)43(36,37)38/h16-21,35H,3-15H2,1-2H3,(H,36,37,38). The van der Waals surface area contributed by atoms with Crippen molar-refractivity contribution in [3.63, 3.8) is 0 Å². The highest BCUT2D eigenvalue weighted by molar-refractivity contribution is 7.87. The summed E-state index contributed by atoms with van der Waals surface area (Å²) in [5.41, 5.74) is -4.02. The Morgan fingerprint density at radius 2 is 1.40 bits per heavy atom. The number of aliphatic hydroxyl groups is 1. The molecule has 0 amide bonds. The Kier molecular flexibility index (Phi) is 7.27. The highest BCUT2D eigenvalue weighted by Crippen LogP contribution is 2.63. The van der Waals surface area contributed by atoms with Gasteiger partial charge in [-0.2, -0.15) is 17.2 Å². The normalized spacial score (nSPS) is 42.7. The molecule has 8 rings (SSSR count). The van der Waals surface area contributed by atoms with Crippen LogP contribution >= 0.6 is 0 Å². The summed E-state index contributed by atoms with van der Waals surface area (Å²) in [6.45, 7) is 2.58. The van der Waals surface area contributed by atoms with Gasteiger partial charge in [0, 0.05) is 19.3 Å². The minimum atomic E-state index is -6.09. The molecule has 8 saturated carbocycles. The van der Waals surface area contributed by atoms with E-state index in [9.17, 15) is 36.7 Å². The first-order valence-corrected chi connectivity index (χ1v) is 16.6. The minimum Gasteiger partial charge on any atom is -0.456 e. The Morgan fingerprint density at radius 3 is 1.95 bits per heavy atom. The third-order valence-electron chi connectivity index (χ3n) is 11.3. The van der Waals surface area contributed by atoms with Crippen LogP contribution < -0.4 is 0 Å². The summed E-state index contributed by atoms with van der Waals surface area (Å²) < 4.78 is 79.4. The van der Waals surface area contributed by atoms with Gasteiger partial charge >= 0.3 is 33.3 Å². The number of ether oxygens (including phenoxy) is 4. The van der Waals surface area contributed by atoms with Gasteiger partial charge in [-0.3, -0.25) is 4.55 Å². The topological polar surface area (TPSA) is 163 Å². The predicted octanol–water partition coefficient (Wildman–Crippen LogP) is 3.17.